The lowest BCUT2D eigenvalue weighted by Crippen LogP contribution is -2.14. The first-order valence-electron chi connectivity index (χ1n) is 6.06. The fourth-order valence-corrected chi connectivity index (χ4v) is 1.89. The molecule has 1 fully saturated rings. The Labute approximate surface area is 96.2 Å². The van der Waals surface area contributed by atoms with E-state index >= 15 is 0 Å². The van der Waals surface area contributed by atoms with Gasteiger partial charge in [0.25, 0.3) is 0 Å². The van der Waals surface area contributed by atoms with Gasteiger partial charge in [-0.25, -0.2) is 0 Å². The number of aromatic nitrogens is 3. The van der Waals surface area contributed by atoms with Crippen molar-refractivity contribution in [3.05, 3.63) is 11.9 Å². The number of ether oxygens (including phenoxy) is 1. The summed E-state index contributed by atoms with van der Waals surface area (Å²) in [6.45, 7) is 6.69. The maximum absolute atomic E-state index is 5.34. The van der Waals surface area contributed by atoms with E-state index < -0.39 is 0 Å². The van der Waals surface area contributed by atoms with Crippen LogP contribution in [-0.4, -0.2) is 34.8 Å². The largest absolute Gasteiger partial charge is 0.381 e. The summed E-state index contributed by atoms with van der Waals surface area (Å²) in [6.07, 6.45) is 4.32. The second-order valence-corrected chi connectivity index (χ2v) is 4.34. The fourth-order valence-electron chi connectivity index (χ4n) is 1.89. The summed E-state index contributed by atoms with van der Waals surface area (Å²) in [5, 5.41) is 11.6. The van der Waals surface area contributed by atoms with Crippen LogP contribution in [0.15, 0.2) is 6.20 Å². The molecule has 5 heteroatoms. The van der Waals surface area contributed by atoms with Crippen molar-refractivity contribution >= 4 is 0 Å². The molecule has 1 aromatic rings. The number of rotatable bonds is 6. The smallest absolute Gasteiger partial charge is 0.0964 e. The van der Waals surface area contributed by atoms with Gasteiger partial charge in [0.1, 0.15) is 0 Å². The lowest BCUT2D eigenvalue weighted by atomic mass is 10.1. The molecule has 0 bridgehead atoms. The van der Waals surface area contributed by atoms with Crippen LogP contribution >= 0.6 is 0 Å². The summed E-state index contributed by atoms with van der Waals surface area (Å²) >= 11 is 0. The van der Waals surface area contributed by atoms with E-state index in [2.05, 4.69) is 22.6 Å². The third-order valence-corrected chi connectivity index (χ3v) is 2.79. The van der Waals surface area contributed by atoms with Crippen molar-refractivity contribution in [3.63, 3.8) is 0 Å². The molecule has 2 rings (SSSR count). The molecule has 2 heterocycles. The third-order valence-electron chi connectivity index (χ3n) is 2.79. The highest BCUT2D eigenvalue weighted by Gasteiger charge is 2.16. The van der Waals surface area contributed by atoms with E-state index in [1.807, 2.05) is 10.9 Å². The molecule has 5 nitrogen and oxygen atoms in total. The van der Waals surface area contributed by atoms with E-state index in [1.165, 1.54) is 0 Å². The molecule has 0 aromatic carbocycles. The maximum atomic E-state index is 5.34. The van der Waals surface area contributed by atoms with Crippen molar-refractivity contribution < 1.29 is 4.74 Å². The van der Waals surface area contributed by atoms with Crippen LogP contribution in [-0.2, 0) is 17.8 Å². The van der Waals surface area contributed by atoms with Crippen LogP contribution in [0.3, 0.4) is 0 Å². The van der Waals surface area contributed by atoms with Gasteiger partial charge in [-0.05, 0) is 19.4 Å². The molecule has 1 unspecified atom stereocenters. The second-order valence-electron chi connectivity index (χ2n) is 4.34. The zero-order chi connectivity index (χ0) is 11.2. The molecule has 0 spiro atoms. The average Bonchev–Trinajstić information content (AvgIpc) is 2.91. The van der Waals surface area contributed by atoms with Gasteiger partial charge < -0.3 is 10.1 Å². The topological polar surface area (TPSA) is 52.0 Å². The van der Waals surface area contributed by atoms with Crippen molar-refractivity contribution in [2.24, 2.45) is 5.92 Å². The molecule has 1 saturated heterocycles. The molecule has 1 aliphatic rings. The Hall–Kier alpha value is -0.940. The highest BCUT2D eigenvalue weighted by molar-refractivity contribution is 4.91. The standard InChI is InChI=1S/C11H20N4O/c1-2-4-12-6-11-8-15(14-13-11)7-10-3-5-16-9-10/h8,10,12H,2-7,9H2,1H3. The molecule has 1 atom stereocenters. The minimum atomic E-state index is 0.609. The summed E-state index contributed by atoms with van der Waals surface area (Å²) in [6, 6.07) is 0. The Balaban J connectivity index is 1.77. The summed E-state index contributed by atoms with van der Waals surface area (Å²) < 4.78 is 7.27. The van der Waals surface area contributed by atoms with Gasteiger partial charge in [0.15, 0.2) is 0 Å². The predicted octanol–water partition coefficient (Wildman–Crippen LogP) is 0.814. The highest BCUT2D eigenvalue weighted by Crippen LogP contribution is 2.13. The summed E-state index contributed by atoms with van der Waals surface area (Å²) in [4.78, 5) is 0. The molecule has 0 amide bonds. The molecule has 1 aromatic heterocycles. The van der Waals surface area contributed by atoms with E-state index in [-0.39, 0.29) is 0 Å². The minimum absolute atomic E-state index is 0.609. The van der Waals surface area contributed by atoms with Crippen LogP contribution in [0, 0.1) is 5.92 Å². The van der Waals surface area contributed by atoms with E-state index in [0.29, 0.717) is 5.92 Å². The van der Waals surface area contributed by atoms with Crippen LogP contribution in [0.25, 0.3) is 0 Å². The van der Waals surface area contributed by atoms with Gasteiger partial charge in [-0.3, -0.25) is 4.68 Å². The Morgan fingerprint density at radius 2 is 2.56 bits per heavy atom. The van der Waals surface area contributed by atoms with Gasteiger partial charge in [0.2, 0.25) is 0 Å². The molecular weight excluding hydrogens is 204 g/mol. The predicted molar refractivity (Wildman–Crippen MR) is 60.9 cm³/mol. The number of nitrogens with one attached hydrogen (secondary N) is 1. The first-order valence-corrected chi connectivity index (χ1v) is 6.06. The average molecular weight is 224 g/mol. The minimum Gasteiger partial charge on any atom is -0.381 e. The van der Waals surface area contributed by atoms with Gasteiger partial charge in [0, 0.05) is 31.8 Å². The van der Waals surface area contributed by atoms with Crippen LogP contribution in [0.1, 0.15) is 25.5 Å². The Kier molecular flexibility index (Phi) is 4.30. The van der Waals surface area contributed by atoms with Crippen molar-refractivity contribution in [1.29, 1.82) is 0 Å². The molecule has 1 aliphatic heterocycles. The van der Waals surface area contributed by atoms with Gasteiger partial charge in [0.05, 0.1) is 12.3 Å². The lowest BCUT2D eigenvalue weighted by molar-refractivity contribution is 0.181. The monoisotopic (exact) mass is 224 g/mol. The van der Waals surface area contributed by atoms with Crippen molar-refractivity contribution in [2.45, 2.75) is 32.9 Å². The molecule has 16 heavy (non-hydrogen) atoms. The number of hydrogen-bond acceptors (Lipinski definition) is 4. The molecule has 0 aliphatic carbocycles. The summed E-state index contributed by atoms with van der Waals surface area (Å²) in [7, 11) is 0. The molecule has 1 N–H and O–H groups in total. The zero-order valence-corrected chi connectivity index (χ0v) is 9.85. The Bertz CT molecular complexity index is 307. The third kappa shape index (κ3) is 3.28. The summed E-state index contributed by atoms with van der Waals surface area (Å²) in [5.74, 6) is 0.609. The van der Waals surface area contributed by atoms with E-state index in [4.69, 9.17) is 4.74 Å². The van der Waals surface area contributed by atoms with E-state index in [1.54, 1.807) is 0 Å². The molecule has 0 radical (unpaired) electrons. The number of hydrogen-bond donors (Lipinski definition) is 1. The van der Waals surface area contributed by atoms with Crippen LogP contribution in [0.4, 0.5) is 0 Å². The molecule has 90 valence electrons. The van der Waals surface area contributed by atoms with E-state index in [0.717, 1.165) is 51.4 Å². The Morgan fingerprint density at radius 1 is 1.62 bits per heavy atom. The van der Waals surface area contributed by atoms with Gasteiger partial charge in [-0.15, -0.1) is 5.10 Å². The highest BCUT2D eigenvalue weighted by atomic mass is 16.5. The van der Waals surface area contributed by atoms with Gasteiger partial charge in [-0.2, -0.15) is 0 Å². The quantitative estimate of drug-likeness (QED) is 0.727. The maximum Gasteiger partial charge on any atom is 0.0964 e. The van der Waals surface area contributed by atoms with Crippen LogP contribution in [0.2, 0.25) is 0 Å². The number of nitrogens with zero attached hydrogens (tertiary/aromatic N) is 3. The second kappa shape index (κ2) is 5.96. The van der Waals surface area contributed by atoms with Crippen LogP contribution in [0.5, 0.6) is 0 Å². The lowest BCUT2D eigenvalue weighted by Gasteiger charge is -2.05. The van der Waals surface area contributed by atoms with Gasteiger partial charge in [-0.1, -0.05) is 12.1 Å². The van der Waals surface area contributed by atoms with Gasteiger partial charge >= 0.3 is 0 Å². The molecular formula is C11H20N4O. The Morgan fingerprint density at radius 3 is 3.31 bits per heavy atom. The van der Waals surface area contributed by atoms with Crippen LogP contribution < -0.4 is 5.32 Å². The summed E-state index contributed by atoms with van der Waals surface area (Å²) in [5.41, 5.74) is 1.02. The zero-order valence-electron chi connectivity index (χ0n) is 9.85. The fraction of sp³-hybridized carbons (Fsp3) is 0.818. The van der Waals surface area contributed by atoms with Crippen molar-refractivity contribution in [3.8, 4) is 0 Å². The normalized spacial score (nSPS) is 20.4. The first kappa shape index (κ1) is 11.5. The SMILES string of the molecule is CCCNCc1cn(CC2CCOC2)nn1. The van der Waals surface area contributed by atoms with E-state index in [9.17, 15) is 0 Å². The molecule has 0 saturated carbocycles. The first-order chi connectivity index (χ1) is 7.88. The van der Waals surface area contributed by atoms with Crippen molar-refractivity contribution in [2.75, 3.05) is 19.8 Å². The van der Waals surface area contributed by atoms with Crippen molar-refractivity contribution in [1.82, 2.24) is 20.3 Å².